The molecule has 0 aromatic heterocycles. The number of epoxide rings is 1. The number of esters is 1. The van der Waals surface area contributed by atoms with Crippen molar-refractivity contribution in [3.8, 4) is 0 Å². The molecule has 0 radical (unpaired) electrons. The van der Waals surface area contributed by atoms with Gasteiger partial charge in [0, 0.05) is 13.0 Å². The number of hydrogen-bond acceptors (Lipinski definition) is 8. The van der Waals surface area contributed by atoms with Gasteiger partial charge in [-0.3, -0.25) is 13.8 Å². The largest absolute Gasteiger partial charge is 0.492 e. The van der Waals surface area contributed by atoms with Crippen molar-refractivity contribution in [1.29, 1.82) is 0 Å². The second-order valence-corrected chi connectivity index (χ2v) is 15.4. The Bertz CT molecular complexity index is 1060. The highest BCUT2D eigenvalue weighted by Crippen LogP contribution is 2.43. The molecule has 0 spiro atoms. The van der Waals surface area contributed by atoms with Crippen LogP contribution in [-0.4, -0.2) is 55.5 Å². The summed E-state index contributed by atoms with van der Waals surface area (Å²) in [5.74, 6) is -0.354. The second kappa shape index (κ2) is 35.7. The minimum atomic E-state index is -4.29. The first-order chi connectivity index (χ1) is 25.9. The lowest BCUT2D eigenvalue weighted by molar-refractivity contribution is -0.147. The van der Waals surface area contributed by atoms with Crippen LogP contribution in [0.15, 0.2) is 60.9 Å². The lowest BCUT2D eigenvalue weighted by Gasteiger charge is -2.19. The minimum Gasteiger partial charge on any atom is -0.492 e. The summed E-state index contributed by atoms with van der Waals surface area (Å²) in [7, 11) is -4.29. The van der Waals surface area contributed by atoms with Gasteiger partial charge < -0.3 is 24.8 Å². The van der Waals surface area contributed by atoms with E-state index in [0.29, 0.717) is 12.5 Å². The normalized spacial score (nSPS) is 17.9. The van der Waals surface area contributed by atoms with Gasteiger partial charge in [-0.2, -0.15) is 0 Å². The van der Waals surface area contributed by atoms with Crippen LogP contribution in [-0.2, 0) is 32.6 Å². The van der Waals surface area contributed by atoms with Crippen molar-refractivity contribution in [3.05, 3.63) is 60.9 Å². The molecule has 1 aliphatic heterocycles. The van der Waals surface area contributed by atoms with Gasteiger partial charge in [0.1, 0.15) is 6.61 Å². The van der Waals surface area contributed by atoms with Crippen molar-refractivity contribution in [2.75, 3.05) is 26.4 Å². The Kier molecular flexibility index (Phi) is 33.0. The van der Waals surface area contributed by atoms with Gasteiger partial charge in [0.25, 0.3) is 0 Å². The Morgan fingerprint density at radius 3 is 1.85 bits per heavy atom. The molecule has 9 nitrogen and oxygen atoms in total. The fraction of sp³-hybridized carbons (Fsp3) is 0.744. The van der Waals surface area contributed by atoms with E-state index in [1.54, 1.807) is 6.26 Å². The number of nitrogens with two attached hydrogens (primary N) is 1. The molecule has 3 N–H and O–H groups in total. The fourth-order valence-corrected chi connectivity index (χ4v) is 6.36. The van der Waals surface area contributed by atoms with E-state index in [9.17, 15) is 14.3 Å². The molecule has 1 fully saturated rings. The Labute approximate surface area is 323 Å². The van der Waals surface area contributed by atoms with E-state index in [2.05, 4.69) is 62.5 Å². The van der Waals surface area contributed by atoms with E-state index in [-0.39, 0.29) is 44.9 Å². The SMILES string of the molecule is CCCCC/C=C\C/C=C\CC1OC1C/C=C\CCCC(=O)OC[C@H](COP(=O)(O)OCCN)O/C=C/CCCCCC/C=C\CCCCCCCC. The third kappa shape index (κ3) is 33.1. The topological polar surface area (TPSA) is 130 Å². The van der Waals surface area contributed by atoms with Crippen LogP contribution >= 0.6 is 7.82 Å². The summed E-state index contributed by atoms with van der Waals surface area (Å²) in [5.41, 5.74) is 5.36. The minimum absolute atomic E-state index is 0.0867. The molecule has 0 aliphatic carbocycles. The van der Waals surface area contributed by atoms with E-state index in [4.69, 9.17) is 29.0 Å². The van der Waals surface area contributed by atoms with Crippen LogP contribution in [0.2, 0.25) is 0 Å². The molecule has 0 saturated carbocycles. The summed E-state index contributed by atoms with van der Waals surface area (Å²) < 4.78 is 38.9. The molecule has 1 saturated heterocycles. The zero-order valence-electron chi connectivity index (χ0n) is 33.4. The average molecular weight is 766 g/mol. The van der Waals surface area contributed by atoms with Gasteiger partial charge in [-0.1, -0.05) is 120 Å². The Balaban J connectivity index is 2.22. The number of phosphoric acid groups is 1. The molecular formula is C43H76NO8P. The average Bonchev–Trinajstić information content (AvgIpc) is 3.91. The molecule has 1 rings (SSSR count). The van der Waals surface area contributed by atoms with E-state index in [0.717, 1.165) is 51.4 Å². The van der Waals surface area contributed by atoms with Crippen molar-refractivity contribution in [1.82, 2.24) is 0 Å². The number of carbonyl (C=O) groups is 1. The smallest absolute Gasteiger partial charge is 0.472 e. The zero-order valence-corrected chi connectivity index (χ0v) is 34.3. The van der Waals surface area contributed by atoms with E-state index in [1.807, 2.05) is 6.08 Å². The number of carbonyl (C=O) groups excluding carboxylic acids is 1. The number of ether oxygens (including phenoxy) is 3. The number of allylic oxidation sites excluding steroid dienone is 7. The highest BCUT2D eigenvalue weighted by molar-refractivity contribution is 7.47. The summed E-state index contributed by atoms with van der Waals surface area (Å²) in [6.45, 7) is 4.08. The zero-order chi connectivity index (χ0) is 38.5. The van der Waals surface area contributed by atoms with Crippen molar-refractivity contribution in [2.45, 2.75) is 180 Å². The first-order valence-electron chi connectivity index (χ1n) is 20.9. The van der Waals surface area contributed by atoms with Crippen LogP contribution in [0.5, 0.6) is 0 Å². The quantitative estimate of drug-likeness (QED) is 0.0157. The van der Waals surface area contributed by atoms with Crippen LogP contribution in [0.1, 0.15) is 162 Å². The highest BCUT2D eigenvalue weighted by Gasteiger charge is 2.36. The first kappa shape index (κ1) is 49.0. The maximum Gasteiger partial charge on any atom is 0.472 e. The van der Waals surface area contributed by atoms with E-state index < -0.39 is 13.9 Å². The van der Waals surface area contributed by atoms with Gasteiger partial charge in [-0.15, -0.1) is 0 Å². The van der Waals surface area contributed by atoms with Crippen molar-refractivity contribution in [2.24, 2.45) is 5.73 Å². The van der Waals surface area contributed by atoms with Crippen LogP contribution < -0.4 is 5.73 Å². The predicted molar refractivity (Wildman–Crippen MR) is 219 cm³/mol. The molecule has 10 heteroatoms. The molecule has 0 aromatic rings. The number of rotatable bonds is 38. The highest BCUT2D eigenvalue weighted by atomic mass is 31.2. The summed E-state index contributed by atoms with van der Waals surface area (Å²) in [6.07, 6.45) is 46.5. The monoisotopic (exact) mass is 766 g/mol. The Morgan fingerprint density at radius 1 is 0.679 bits per heavy atom. The standard InChI is InChI=1S/C43H76NO8P/c1-3-5-7-9-11-13-14-15-16-17-18-19-21-23-27-31-36-48-40(39-51-53(46,47)50-37-35-44)38-49-43(45)34-30-26-25-29-33-42-41(52-42)32-28-24-22-20-12-10-8-6-4-2/h12,15-16,20,24-25,28-29,31,36,40-42H,3-11,13-14,17-19,21-23,26-27,30,32-35,37-39,44H2,1-2H3,(H,46,47)/b16-15-,20-12-,28-24-,29-25-,36-31+/t40-,41?,42?/m1/s1. The Morgan fingerprint density at radius 2 is 1.19 bits per heavy atom. The van der Waals surface area contributed by atoms with Gasteiger partial charge in [-0.05, 0) is 89.5 Å². The Hall–Kier alpha value is -2.00. The molecule has 53 heavy (non-hydrogen) atoms. The molecule has 0 amide bonds. The van der Waals surface area contributed by atoms with E-state index in [1.165, 1.54) is 83.5 Å². The van der Waals surface area contributed by atoms with Gasteiger partial charge in [0.15, 0.2) is 6.10 Å². The van der Waals surface area contributed by atoms with E-state index >= 15 is 0 Å². The molecule has 306 valence electrons. The fourth-order valence-electron chi connectivity index (χ4n) is 5.60. The lowest BCUT2D eigenvalue weighted by Crippen LogP contribution is -2.25. The number of hydrogen-bond donors (Lipinski definition) is 2. The molecule has 3 unspecified atom stereocenters. The first-order valence-corrected chi connectivity index (χ1v) is 22.4. The molecule has 1 aliphatic rings. The second-order valence-electron chi connectivity index (χ2n) is 13.9. The van der Waals surface area contributed by atoms with Crippen molar-refractivity contribution in [3.63, 3.8) is 0 Å². The maximum atomic E-state index is 12.4. The van der Waals surface area contributed by atoms with Crippen LogP contribution in [0.4, 0.5) is 0 Å². The molecule has 4 atom stereocenters. The molecule has 0 bridgehead atoms. The molecule has 0 aromatic carbocycles. The maximum absolute atomic E-state index is 12.4. The lowest BCUT2D eigenvalue weighted by atomic mass is 10.1. The molecule has 1 heterocycles. The van der Waals surface area contributed by atoms with Crippen molar-refractivity contribution < 1.29 is 37.5 Å². The van der Waals surface area contributed by atoms with Gasteiger partial charge in [-0.25, -0.2) is 4.57 Å². The van der Waals surface area contributed by atoms with Crippen LogP contribution in [0.25, 0.3) is 0 Å². The van der Waals surface area contributed by atoms with Gasteiger partial charge in [0.2, 0.25) is 0 Å². The molecular weight excluding hydrogens is 689 g/mol. The third-order valence-corrected chi connectivity index (χ3v) is 9.88. The number of unbranched alkanes of at least 4 members (excludes halogenated alkanes) is 15. The summed E-state index contributed by atoms with van der Waals surface area (Å²) in [4.78, 5) is 22.3. The summed E-state index contributed by atoms with van der Waals surface area (Å²) in [5, 5.41) is 0. The number of phosphoric ester groups is 1. The van der Waals surface area contributed by atoms with Gasteiger partial charge >= 0.3 is 13.8 Å². The van der Waals surface area contributed by atoms with Crippen LogP contribution in [0, 0.1) is 0 Å². The third-order valence-electron chi connectivity index (χ3n) is 8.90. The van der Waals surface area contributed by atoms with Crippen LogP contribution in [0.3, 0.4) is 0 Å². The van der Waals surface area contributed by atoms with Gasteiger partial charge in [0.05, 0.1) is 31.7 Å². The predicted octanol–water partition coefficient (Wildman–Crippen LogP) is 11.5. The summed E-state index contributed by atoms with van der Waals surface area (Å²) in [6, 6.07) is 0. The summed E-state index contributed by atoms with van der Waals surface area (Å²) >= 11 is 0. The van der Waals surface area contributed by atoms with Crippen molar-refractivity contribution >= 4 is 13.8 Å².